The summed E-state index contributed by atoms with van der Waals surface area (Å²) in [5, 5.41) is 5.68. The van der Waals surface area contributed by atoms with Crippen LogP contribution in [0.15, 0.2) is 68.7 Å². The highest BCUT2D eigenvalue weighted by molar-refractivity contribution is 7.92. The lowest BCUT2D eigenvalue weighted by molar-refractivity contribution is -0.141. The number of fused-ring (bicyclic) bond motifs is 1. The van der Waals surface area contributed by atoms with Gasteiger partial charge in [-0.1, -0.05) is 13.0 Å². The Morgan fingerprint density at radius 2 is 1.90 bits per heavy atom. The molecular formula is C25H22F4N4O6S. The van der Waals surface area contributed by atoms with Gasteiger partial charge in [-0.2, -0.15) is 13.2 Å². The van der Waals surface area contributed by atoms with E-state index in [4.69, 9.17) is 9.47 Å². The molecule has 0 fully saturated rings. The van der Waals surface area contributed by atoms with Gasteiger partial charge in [0.25, 0.3) is 10.0 Å². The number of hydrogen-bond acceptors (Lipinski definition) is 8. The van der Waals surface area contributed by atoms with Crippen LogP contribution < -0.4 is 19.5 Å². The lowest BCUT2D eigenvalue weighted by atomic mass is 10.1. The molecule has 2 aromatic heterocycles. The Labute approximate surface area is 225 Å². The highest BCUT2D eigenvalue weighted by atomic mass is 32.2. The minimum Gasteiger partial charge on any atom is -0.494 e. The zero-order valence-corrected chi connectivity index (χ0v) is 21.8. The van der Waals surface area contributed by atoms with Crippen molar-refractivity contribution in [2.24, 2.45) is 0 Å². The van der Waals surface area contributed by atoms with Crippen LogP contribution in [0.5, 0.6) is 11.5 Å². The number of alkyl halides is 3. The number of nitrogens with one attached hydrogen (secondary N) is 1. The first kappa shape index (κ1) is 28.6. The van der Waals surface area contributed by atoms with Gasteiger partial charge in [0.05, 0.1) is 29.9 Å². The molecule has 1 aliphatic heterocycles. The predicted molar refractivity (Wildman–Crippen MR) is 134 cm³/mol. The van der Waals surface area contributed by atoms with Crippen molar-refractivity contribution in [3.63, 3.8) is 0 Å². The number of pyridine rings is 1. The second-order valence-electron chi connectivity index (χ2n) is 8.17. The SMILES string of the molecule is CCc1n[nH]c(=O)o1.COc1cc(S(=O)(=O)N2CCOc3ccc(-c4cccc(C(F)(F)F)n4)cc32)ccc1F. The van der Waals surface area contributed by atoms with E-state index in [1.807, 2.05) is 6.92 Å². The Balaban J connectivity index is 0.000000398. The molecule has 10 nitrogen and oxygen atoms in total. The van der Waals surface area contributed by atoms with E-state index in [0.29, 0.717) is 12.3 Å². The summed E-state index contributed by atoms with van der Waals surface area (Å²) in [6.07, 6.45) is -3.97. The second kappa shape index (κ2) is 11.4. The molecule has 0 aliphatic carbocycles. The molecule has 0 amide bonds. The molecule has 0 spiro atoms. The number of benzene rings is 2. The van der Waals surface area contributed by atoms with E-state index in [2.05, 4.69) is 19.6 Å². The van der Waals surface area contributed by atoms with E-state index in [0.717, 1.165) is 28.6 Å². The fourth-order valence-electron chi connectivity index (χ4n) is 3.70. The summed E-state index contributed by atoms with van der Waals surface area (Å²) >= 11 is 0. The Morgan fingerprint density at radius 1 is 1.12 bits per heavy atom. The van der Waals surface area contributed by atoms with E-state index >= 15 is 0 Å². The Bertz CT molecular complexity index is 1670. The summed E-state index contributed by atoms with van der Waals surface area (Å²) in [6, 6.07) is 11.0. The molecule has 15 heteroatoms. The van der Waals surface area contributed by atoms with Gasteiger partial charge in [-0.15, -0.1) is 5.10 Å². The average molecular weight is 583 g/mol. The van der Waals surface area contributed by atoms with Gasteiger partial charge >= 0.3 is 11.9 Å². The van der Waals surface area contributed by atoms with Crippen molar-refractivity contribution in [2.75, 3.05) is 24.6 Å². The predicted octanol–water partition coefficient (Wildman–Crippen LogP) is 4.43. The maximum atomic E-state index is 13.8. The smallest absolute Gasteiger partial charge is 0.434 e. The van der Waals surface area contributed by atoms with Crippen molar-refractivity contribution < 1.29 is 39.9 Å². The highest BCUT2D eigenvalue weighted by Crippen LogP contribution is 2.39. The summed E-state index contributed by atoms with van der Waals surface area (Å²) in [4.78, 5) is 13.6. The van der Waals surface area contributed by atoms with E-state index < -0.39 is 33.5 Å². The second-order valence-corrected chi connectivity index (χ2v) is 10.0. The highest BCUT2D eigenvalue weighted by Gasteiger charge is 2.33. The summed E-state index contributed by atoms with van der Waals surface area (Å²) in [7, 11) is -2.93. The fourth-order valence-corrected chi connectivity index (χ4v) is 5.16. The van der Waals surface area contributed by atoms with Crippen LogP contribution in [0.1, 0.15) is 18.5 Å². The number of aryl methyl sites for hydroxylation is 1. The lowest BCUT2D eigenvalue weighted by Crippen LogP contribution is -2.38. The summed E-state index contributed by atoms with van der Waals surface area (Å²) in [5.41, 5.74) is -0.630. The summed E-state index contributed by atoms with van der Waals surface area (Å²) < 4.78 is 95.4. The standard InChI is InChI=1S/C21H16F4N2O4S.C4H6N2O2/c1-30-19-12-14(6-7-15(19)22)32(28,29)27-9-10-31-18-8-5-13(11-17(18)27)16-3-2-4-20(26-16)21(23,24)25;1-2-3-5-6-4(7)8-3/h2-8,11-12H,9-10H2,1H3;2H2,1H3,(H,6,7). The van der Waals surface area contributed by atoms with Crippen molar-refractivity contribution in [1.82, 2.24) is 15.2 Å². The van der Waals surface area contributed by atoms with E-state index in [1.54, 1.807) is 0 Å². The third-order valence-electron chi connectivity index (χ3n) is 5.61. The van der Waals surface area contributed by atoms with Crippen LogP contribution in [-0.4, -0.2) is 43.9 Å². The van der Waals surface area contributed by atoms with Crippen LogP contribution in [-0.2, 0) is 22.6 Å². The minimum absolute atomic E-state index is 0.0222. The number of aromatic nitrogens is 3. The number of ether oxygens (including phenoxy) is 2. The van der Waals surface area contributed by atoms with Gasteiger partial charge in [0.15, 0.2) is 11.6 Å². The first-order valence-electron chi connectivity index (χ1n) is 11.7. The Hall–Kier alpha value is -4.40. The number of halogens is 4. The van der Waals surface area contributed by atoms with Crippen LogP contribution >= 0.6 is 0 Å². The first-order valence-corrected chi connectivity index (χ1v) is 13.1. The first-order chi connectivity index (χ1) is 18.9. The zero-order valence-electron chi connectivity index (χ0n) is 21.0. The lowest BCUT2D eigenvalue weighted by Gasteiger charge is -2.31. The number of aromatic amines is 1. The molecular weight excluding hydrogens is 560 g/mol. The quantitative estimate of drug-likeness (QED) is 0.343. The van der Waals surface area contributed by atoms with Gasteiger partial charge in [-0.05, 0) is 42.5 Å². The number of rotatable bonds is 5. The van der Waals surface area contributed by atoms with Gasteiger partial charge in [0.2, 0.25) is 5.89 Å². The summed E-state index contributed by atoms with van der Waals surface area (Å²) in [5.74, 6) is -0.741. The van der Waals surface area contributed by atoms with Crippen LogP contribution in [0.2, 0.25) is 0 Å². The monoisotopic (exact) mass is 582 g/mol. The maximum Gasteiger partial charge on any atom is 0.434 e. The fraction of sp³-hybridized carbons (Fsp3) is 0.240. The van der Waals surface area contributed by atoms with Crippen molar-refractivity contribution in [2.45, 2.75) is 24.4 Å². The number of anilines is 1. The molecule has 4 aromatic rings. The van der Waals surface area contributed by atoms with Crippen molar-refractivity contribution >= 4 is 15.7 Å². The average Bonchev–Trinajstić information content (AvgIpc) is 3.37. The number of sulfonamides is 1. The van der Waals surface area contributed by atoms with Crippen molar-refractivity contribution in [1.29, 1.82) is 0 Å². The molecule has 3 heterocycles. The number of methoxy groups -OCH3 is 1. The van der Waals surface area contributed by atoms with E-state index in [-0.39, 0.29) is 46.5 Å². The van der Waals surface area contributed by atoms with Crippen LogP contribution in [0.3, 0.4) is 0 Å². The Kier molecular flexibility index (Phi) is 8.13. The molecule has 0 saturated heterocycles. The molecule has 0 radical (unpaired) electrons. The maximum absolute atomic E-state index is 13.8. The van der Waals surface area contributed by atoms with Gasteiger partial charge in [0.1, 0.15) is 18.1 Å². The number of H-pyrrole nitrogens is 1. The largest absolute Gasteiger partial charge is 0.494 e. The third kappa shape index (κ3) is 6.09. The zero-order chi connectivity index (χ0) is 29.1. The number of hydrogen-bond donors (Lipinski definition) is 1. The molecule has 1 N–H and O–H groups in total. The molecule has 0 saturated carbocycles. The van der Waals surface area contributed by atoms with E-state index in [9.17, 15) is 30.8 Å². The molecule has 0 atom stereocenters. The molecule has 2 aromatic carbocycles. The van der Waals surface area contributed by atoms with Crippen molar-refractivity contribution in [3.8, 4) is 22.8 Å². The minimum atomic E-state index is -4.62. The molecule has 0 unspecified atom stereocenters. The van der Waals surface area contributed by atoms with Gasteiger partial charge < -0.3 is 13.9 Å². The molecule has 212 valence electrons. The van der Waals surface area contributed by atoms with E-state index in [1.165, 1.54) is 37.4 Å². The normalized spacial score (nSPS) is 13.1. The van der Waals surface area contributed by atoms with Crippen molar-refractivity contribution in [3.05, 3.63) is 82.5 Å². The molecule has 0 bridgehead atoms. The van der Waals surface area contributed by atoms with Crippen LogP contribution in [0.25, 0.3) is 11.3 Å². The topological polar surface area (TPSA) is 128 Å². The number of nitrogens with zero attached hydrogens (tertiary/aromatic N) is 3. The van der Waals surface area contributed by atoms with Gasteiger partial charge in [-0.3, -0.25) is 4.31 Å². The molecule has 1 aliphatic rings. The van der Waals surface area contributed by atoms with Gasteiger partial charge in [0, 0.05) is 18.1 Å². The summed E-state index contributed by atoms with van der Waals surface area (Å²) in [6.45, 7) is 1.87. The molecule has 40 heavy (non-hydrogen) atoms. The van der Waals surface area contributed by atoms with Crippen LogP contribution in [0.4, 0.5) is 23.2 Å². The Morgan fingerprint density at radius 3 is 2.52 bits per heavy atom. The van der Waals surface area contributed by atoms with Gasteiger partial charge in [-0.25, -0.2) is 27.7 Å². The molecule has 5 rings (SSSR count). The van der Waals surface area contributed by atoms with Crippen LogP contribution in [0, 0.1) is 5.82 Å². The third-order valence-corrected chi connectivity index (χ3v) is 7.42.